The van der Waals surface area contributed by atoms with Gasteiger partial charge in [0.1, 0.15) is 0 Å². The third-order valence-electron chi connectivity index (χ3n) is 3.39. The monoisotopic (exact) mass is 168 g/mol. The number of hydrogen-bond donors (Lipinski definition) is 1. The second-order valence-corrected chi connectivity index (χ2v) is 4.26. The SMILES string of the molecule is N[C@@H]1CCCC[C@@H]1N1CCCC1. The molecule has 2 heteroatoms. The molecule has 0 bridgehead atoms. The molecule has 1 heterocycles. The summed E-state index contributed by atoms with van der Waals surface area (Å²) in [4.78, 5) is 2.61. The van der Waals surface area contributed by atoms with Gasteiger partial charge in [-0.05, 0) is 38.8 Å². The Balaban J connectivity index is 1.91. The summed E-state index contributed by atoms with van der Waals surface area (Å²) in [6.45, 7) is 2.61. The van der Waals surface area contributed by atoms with Gasteiger partial charge in [-0.25, -0.2) is 0 Å². The zero-order chi connectivity index (χ0) is 8.39. The molecule has 1 aliphatic heterocycles. The van der Waals surface area contributed by atoms with Crippen molar-refractivity contribution in [3.8, 4) is 0 Å². The second-order valence-electron chi connectivity index (χ2n) is 4.26. The van der Waals surface area contributed by atoms with Crippen molar-refractivity contribution in [2.75, 3.05) is 13.1 Å². The summed E-state index contributed by atoms with van der Waals surface area (Å²) in [7, 11) is 0. The largest absolute Gasteiger partial charge is 0.326 e. The van der Waals surface area contributed by atoms with Gasteiger partial charge in [0, 0.05) is 12.1 Å². The predicted molar refractivity (Wildman–Crippen MR) is 51.0 cm³/mol. The standard InChI is InChI=1S/C10H20N2/c11-9-5-1-2-6-10(9)12-7-3-4-8-12/h9-10H,1-8,11H2/t9-,10+/m1/s1. The molecule has 2 rings (SSSR count). The van der Waals surface area contributed by atoms with Crippen LogP contribution in [0.15, 0.2) is 0 Å². The fraction of sp³-hybridized carbons (Fsp3) is 1.00. The van der Waals surface area contributed by atoms with E-state index in [0.717, 1.165) is 6.04 Å². The minimum absolute atomic E-state index is 0.469. The molecule has 2 aliphatic rings. The Hall–Kier alpha value is -0.0800. The van der Waals surface area contributed by atoms with Gasteiger partial charge in [0.15, 0.2) is 0 Å². The van der Waals surface area contributed by atoms with Crippen LogP contribution >= 0.6 is 0 Å². The van der Waals surface area contributed by atoms with E-state index in [4.69, 9.17) is 5.73 Å². The number of nitrogens with zero attached hydrogens (tertiary/aromatic N) is 1. The molecule has 1 saturated carbocycles. The first-order valence-electron chi connectivity index (χ1n) is 5.37. The van der Waals surface area contributed by atoms with Crippen LogP contribution in [-0.2, 0) is 0 Å². The van der Waals surface area contributed by atoms with Crippen LogP contribution in [0.25, 0.3) is 0 Å². The van der Waals surface area contributed by atoms with Crippen LogP contribution in [0.1, 0.15) is 38.5 Å². The van der Waals surface area contributed by atoms with Crippen molar-refractivity contribution in [1.29, 1.82) is 0 Å². The average molecular weight is 168 g/mol. The first-order valence-corrected chi connectivity index (χ1v) is 5.37. The summed E-state index contributed by atoms with van der Waals surface area (Å²) >= 11 is 0. The van der Waals surface area contributed by atoms with E-state index in [0.29, 0.717) is 6.04 Å². The quantitative estimate of drug-likeness (QED) is 0.640. The first-order chi connectivity index (χ1) is 5.88. The Labute approximate surface area is 75.1 Å². The molecule has 0 aromatic carbocycles. The molecule has 1 aliphatic carbocycles. The van der Waals surface area contributed by atoms with Crippen molar-refractivity contribution < 1.29 is 0 Å². The van der Waals surface area contributed by atoms with Crippen LogP contribution in [0.3, 0.4) is 0 Å². The molecular formula is C10H20N2. The van der Waals surface area contributed by atoms with Crippen LogP contribution in [0.2, 0.25) is 0 Å². The highest BCUT2D eigenvalue weighted by Gasteiger charge is 2.28. The summed E-state index contributed by atoms with van der Waals surface area (Å²) in [6.07, 6.45) is 8.13. The predicted octanol–water partition coefficient (Wildman–Crippen LogP) is 1.35. The molecule has 0 aromatic rings. The van der Waals surface area contributed by atoms with Gasteiger partial charge in [-0.3, -0.25) is 4.90 Å². The molecule has 70 valence electrons. The maximum atomic E-state index is 6.12. The third-order valence-corrected chi connectivity index (χ3v) is 3.39. The Bertz CT molecular complexity index is 141. The minimum atomic E-state index is 0.469. The minimum Gasteiger partial charge on any atom is -0.326 e. The van der Waals surface area contributed by atoms with E-state index in [2.05, 4.69) is 4.90 Å². The molecule has 0 amide bonds. The Morgan fingerprint density at radius 3 is 2.25 bits per heavy atom. The summed E-state index contributed by atoms with van der Waals surface area (Å²) in [5, 5.41) is 0. The van der Waals surface area contributed by atoms with E-state index in [1.807, 2.05) is 0 Å². The maximum Gasteiger partial charge on any atom is 0.0247 e. The smallest absolute Gasteiger partial charge is 0.0247 e. The highest BCUT2D eigenvalue weighted by atomic mass is 15.2. The number of likely N-dealkylation sites (tertiary alicyclic amines) is 1. The molecule has 2 N–H and O–H groups in total. The number of rotatable bonds is 1. The Morgan fingerprint density at radius 1 is 0.917 bits per heavy atom. The molecule has 2 nitrogen and oxygen atoms in total. The van der Waals surface area contributed by atoms with E-state index in [1.54, 1.807) is 0 Å². The average Bonchev–Trinajstić information content (AvgIpc) is 2.57. The molecule has 0 aromatic heterocycles. The molecule has 0 unspecified atom stereocenters. The van der Waals surface area contributed by atoms with E-state index >= 15 is 0 Å². The van der Waals surface area contributed by atoms with E-state index in [-0.39, 0.29) is 0 Å². The topological polar surface area (TPSA) is 29.3 Å². The van der Waals surface area contributed by atoms with Gasteiger partial charge in [-0.15, -0.1) is 0 Å². The van der Waals surface area contributed by atoms with Crippen molar-refractivity contribution >= 4 is 0 Å². The fourth-order valence-electron chi connectivity index (χ4n) is 2.67. The molecule has 0 radical (unpaired) electrons. The zero-order valence-corrected chi connectivity index (χ0v) is 7.84. The van der Waals surface area contributed by atoms with Crippen molar-refractivity contribution in [3.63, 3.8) is 0 Å². The lowest BCUT2D eigenvalue weighted by atomic mass is 9.90. The second kappa shape index (κ2) is 3.75. The zero-order valence-electron chi connectivity index (χ0n) is 7.84. The molecule has 1 saturated heterocycles. The van der Waals surface area contributed by atoms with Crippen molar-refractivity contribution in [2.24, 2.45) is 5.73 Å². The third kappa shape index (κ3) is 1.64. The summed E-state index contributed by atoms with van der Waals surface area (Å²) in [5.41, 5.74) is 6.12. The van der Waals surface area contributed by atoms with Crippen LogP contribution in [-0.4, -0.2) is 30.1 Å². The van der Waals surface area contributed by atoms with E-state index < -0.39 is 0 Å². The van der Waals surface area contributed by atoms with Crippen molar-refractivity contribution in [1.82, 2.24) is 4.90 Å². The first kappa shape index (κ1) is 8.52. The van der Waals surface area contributed by atoms with Crippen LogP contribution in [0.4, 0.5) is 0 Å². The van der Waals surface area contributed by atoms with Crippen LogP contribution in [0.5, 0.6) is 0 Å². The molecular weight excluding hydrogens is 148 g/mol. The highest BCUT2D eigenvalue weighted by molar-refractivity contribution is 4.87. The molecule has 12 heavy (non-hydrogen) atoms. The number of hydrogen-bond acceptors (Lipinski definition) is 2. The van der Waals surface area contributed by atoms with Gasteiger partial charge in [0.05, 0.1) is 0 Å². The number of nitrogens with two attached hydrogens (primary N) is 1. The van der Waals surface area contributed by atoms with E-state index in [9.17, 15) is 0 Å². The maximum absolute atomic E-state index is 6.12. The fourth-order valence-corrected chi connectivity index (χ4v) is 2.67. The van der Waals surface area contributed by atoms with Gasteiger partial charge in [0.25, 0.3) is 0 Å². The highest BCUT2D eigenvalue weighted by Crippen LogP contribution is 2.24. The van der Waals surface area contributed by atoms with Crippen LogP contribution in [0, 0.1) is 0 Å². The lowest BCUT2D eigenvalue weighted by molar-refractivity contribution is 0.168. The summed E-state index contributed by atoms with van der Waals surface area (Å²) in [5.74, 6) is 0. The van der Waals surface area contributed by atoms with Crippen LogP contribution < -0.4 is 5.73 Å². The Morgan fingerprint density at radius 2 is 1.58 bits per heavy atom. The van der Waals surface area contributed by atoms with Gasteiger partial charge >= 0.3 is 0 Å². The van der Waals surface area contributed by atoms with Gasteiger partial charge in [0.2, 0.25) is 0 Å². The molecule has 2 fully saturated rings. The molecule has 0 spiro atoms. The molecule has 2 atom stereocenters. The Kier molecular flexibility index (Phi) is 2.66. The van der Waals surface area contributed by atoms with Gasteiger partial charge < -0.3 is 5.73 Å². The normalized spacial score (nSPS) is 38.8. The summed E-state index contributed by atoms with van der Waals surface area (Å²) in [6, 6.07) is 1.19. The van der Waals surface area contributed by atoms with Crippen molar-refractivity contribution in [3.05, 3.63) is 0 Å². The lowest BCUT2D eigenvalue weighted by Gasteiger charge is -2.35. The van der Waals surface area contributed by atoms with E-state index in [1.165, 1.54) is 51.6 Å². The summed E-state index contributed by atoms with van der Waals surface area (Å²) < 4.78 is 0. The van der Waals surface area contributed by atoms with Gasteiger partial charge in [-0.1, -0.05) is 12.8 Å². The lowest BCUT2D eigenvalue weighted by Crippen LogP contribution is -2.48. The van der Waals surface area contributed by atoms with Gasteiger partial charge in [-0.2, -0.15) is 0 Å². The van der Waals surface area contributed by atoms with Crippen molar-refractivity contribution in [2.45, 2.75) is 50.6 Å².